The second-order valence-electron chi connectivity index (χ2n) is 6.66. The molecule has 2 rings (SSSR count). The minimum atomic E-state index is -3.55. The van der Waals surface area contributed by atoms with E-state index in [0.29, 0.717) is 18.0 Å². The lowest BCUT2D eigenvalue weighted by molar-refractivity contribution is -0.121. The first-order valence-electron chi connectivity index (χ1n) is 8.89. The molecule has 0 spiro atoms. The maximum atomic E-state index is 12.3. The van der Waals surface area contributed by atoms with Crippen LogP contribution in [0, 0.1) is 0 Å². The molecule has 0 radical (unpaired) electrons. The predicted molar refractivity (Wildman–Crippen MR) is 101 cm³/mol. The van der Waals surface area contributed by atoms with Crippen LogP contribution in [0.5, 0.6) is 5.75 Å². The van der Waals surface area contributed by atoms with Gasteiger partial charge in [-0.25, -0.2) is 8.42 Å². The number of benzene rings is 1. The molecule has 1 saturated heterocycles. The van der Waals surface area contributed by atoms with Crippen LogP contribution in [0.3, 0.4) is 0 Å². The number of ether oxygens (including phenoxy) is 2. The van der Waals surface area contributed by atoms with E-state index in [1.165, 1.54) is 4.31 Å². The van der Waals surface area contributed by atoms with Gasteiger partial charge in [-0.3, -0.25) is 9.10 Å². The van der Waals surface area contributed by atoms with Crippen molar-refractivity contribution in [2.45, 2.75) is 45.3 Å². The molecule has 0 aromatic heterocycles. The molecule has 1 aromatic rings. The number of amides is 1. The maximum absolute atomic E-state index is 12.3. The minimum Gasteiger partial charge on any atom is -0.489 e. The van der Waals surface area contributed by atoms with E-state index >= 15 is 0 Å². The molecule has 1 amide bonds. The van der Waals surface area contributed by atoms with Crippen molar-refractivity contribution >= 4 is 21.6 Å². The van der Waals surface area contributed by atoms with E-state index in [1.807, 2.05) is 13.8 Å². The monoisotopic (exact) mass is 384 g/mol. The molecule has 0 aliphatic carbocycles. The highest BCUT2D eigenvalue weighted by atomic mass is 32.2. The van der Waals surface area contributed by atoms with Crippen LogP contribution in [0.25, 0.3) is 0 Å². The second-order valence-corrected chi connectivity index (χ2v) is 8.57. The first kappa shape index (κ1) is 20.5. The Labute approximate surface area is 155 Å². The number of carbonyl (C=O) groups excluding carboxylic acids is 1. The van der Waals surface area contributed by atoms with Crippen LogP contribution < -0.4 is 14.4 Å². The van der Waals surface area contributed by atoms with E-state index < -0.39 is 10.0 Å². The minimum absolute atomic E-state index is 0.0503. The molecule has 1 aliphatic rings. The van der Waals surface area contributed by atoms with Gasteiger partial charge in [-0.1, -0.05) is 12.1 Å². The Balaban J connectivity index is 2.03. The topological polar surface area (TPSA) is 84.9 Å². The summed E-state index contributed by atoms with van der Waals surface area (Å²) in [6.45, 7) is 4.99. The number of hydrogen-bond acceptors (Lipinski definition) is 5. The fourth-order valence-electron chi connectivity index (χ4n) is 2.81. The summed E-state index contributed by atoms with van der Waals surface area (Å²) in [5.74, 6) is 0.282. The van der Waals surface area contributed by atoms with Crippen molar-refractivity contribution in [1.29, 1.82) is 0 Å². The van der Waals surface area contributed by atoms with Crippen molar-refractivity contribution in [2.24, 2.45) is 0 Å². The summed E-state index contributed by atoms with van der Waals surface area (Å²) >= 11 is 0. The number of rotatable bonds is 9. The Bertz CT molecular complexity index is 699. The fourth-order valence-corrected chi connectivity index (χ4v) is 3.74. The van der Waals surface area contributed by atoms with Gasteiger partial charge in [-0.2, -0.15) is 0 Å². The van der Waals surface area contributed by atoms with Crippen molar-refractivity contribution in [3.63, 3.8) is 0 Å². The van der Waals surface area contributed by atoms with Crippen LogP contribution in [0.4, 0.5) is 5.69 Å². The third-order valence-electron chi connectivity index (χ3n) is 3.99. The van der Waals surface area contributed by atoms with Crippen molar-refractivity contribution in [3.8, 4) is 5.75 Å². The van der Waals surface area contributed by atoms with Crippen molar-refractivity contribution in [2.75, 3.05) is 30.3 Å². The molecule has 8 heteroatoms. The molecule has 7 nitrogen and oxygen atoms in total. The molecule has 0 bridgehead atoms. The van der Waals surface area contributed by atoms with E-state index in [1.54, 1.807) is 24.3 Å². The summed E-state index contributed by atoms with van der Waals surface area (Å²) in [5.41, 5.74) is 0.440. The average molecular weight is 384 g/mol. The molecule has 1 aliphatic heterocycles. The Hall–Kier alpha value is -1.80. The van der Waals surface area contributed by atoms with E-state index in [-0.39, 0.29) is 31.1 Å². The van der Waals surface area contributed by atoms with E-state index in [4.69, 9.17) is 9.47 Å². The largest absolute Gasteiger partial charge is 0.489 e. The summed E-state index contributed by atoms with van der Waals surface area (Å²) in [6, 6.07) is 6.95. The standard InChI is InChI=1S/C18H28N2O5S/c1-14(2)25-17-9-5-4-8-16(17)20(26(3,22)23)11-10-18(21)19-13-15-7-6-12-24-15/h4-5,8-9,14-15H,6-7,10-13H2,1-3H3,(H,19,21). The lowest BCUT2D eigenvalue weighted by Gasteiger charge is -2.25. The van der Waals surface area contributed by atoms with E-state index in [2.05, 4.69) is 5.32 Å². The summed E-state index contributed by atoms with van der Waals surface area (Å²) in [4.78, 5) is 12.1. The smallest absolute Gasteiger partial charge is 0.232 e. The van der Waals surface area contributed by atoms with Gasteiger partial charge < -0.3 is 14.8 Å². The van der Waals surface area contributed by atoms with Crippen LogP contribution >= 0.6 is 0 Å². The van der Waals surface area contributed by atoms with Crippen LogP contribution in [0.15, 0.2) is 24.3 Å². The molecule has 1 unspecified atom stereocenters. The van der Waals surface area contributed by atoms with E-state index in [0.717, 1.165) is 25.7 Å². The van der Waals surface area contributed by atoms with Crippen molar-refractivity contribution in [3.05, 3.63) is 24.3 Å². The number of hydrogen-bond donors (Lipinski definition) is 1. The summed E-state index contributed by atoms with van der Waals surface area (Å²) < 4.78 is 36.9. The van der Waals surface area contributed by atoms with Crippen LogP contribution in [0.2, 0.25) is 0 Å². The van der Waals surface area contributed by atoms with Crippen LogP contribution in [-0.2, 0) is 19.6 Å². The highest BCUT2D eigenvalue weighted by Gasteiger charge is 2.23. The number of nitrogens with one attached hydrogen (secondary N) is 1. The van der Waals surface area contributed by atoms with Gasteiger partial charge in [0.15, 0.2) is 0 Å². The first-order chi connectivity index (χ1) is 12.3. The van der Waals surface area contributed by atoms with E-state index in [9.17, 15) is 13.2 Å². The predicted octanol–water partition coefficient (Wildman–Crippen LogP) is 1.93. The Kier molecular flexibility index (Phi) is 7.28. The van der Waals surface area contributed by atoms with Gasteiger partial charge in [0, 0.05) is 26.1 Å². The molecule has 0 saturated carbocycles. The highest BCUT2D eigenvalue weighted by Crippen LogP contribution is 2.30. The molecule has 1 aromatic carbocycles. The van der Waals surface area contributed by atoms with Crippen molar-refractivity contribution in [1.82, 2.24) is 5.32 Å². The Morgan fingerprint density at radius 2 is 2.12 bits per heavy atom. The molecule has 1 heterocycles. The molecule has 1 fully saturated rings. The number of anilines is 1. The lowest BCUT2D eigenvalue weighted by atomic mass is 10.2. The molecule has 1 atom stereocenters. The summed E-state index contributed by atoms with van der Waals surface area (Å²) in [6.07, 6.45) is 3.11. The normalized spacial score (nSPS) is 17.3. The quantitative estimate of drug-likeness (QED) is 0.703. The molecule has 146 valence electrons. The zero-order valence-corrected chi connectivity index (χ0v) is 16.4. The fraction of sp³-hybridized carbons (Fsp3) is 0.611. The van der Waals surface area contributed by atoms with Crippen molar-refractivity contribution < 1.29 is 22.7 Å². The number of nitrogens with zero attached hydrogens (tertiary/aromatic N) is 1. The van der Waals surface area contributed by atoms with Gasteiger partial charge >= 0.3 is 0 Å². The molecule has 1 N–H and O–H groups in total. The van der Waals surface area contributed by atoms with Gasteiger partial charge in [-0.05, 0) is 38.8 Å². The Morgan fingerprint density at radius 3 is 2.73 bits per heavy atom. The molecular formula is C18H28N2O5S. The van der Waals surface area contributed by atoms with Crippen LogP contribution in [-0.4, -0.2) is 52.5 Å². The van der Waals surface area contributed by atoms with Gasteiger partial charge in [0.25, 0.3) is 0 Å². The Morgan fingerprint density at radius 1 is 1.38 bits per heavy atom. The molecular weight excluding hydrogens is 356 g/mol. The highest BCUT2D eigenvalue weighted by molar-refractivity contribution is 7.92. The second kappa shape index (κ2) is 9.23. The third-order valence-corrected chi connectivity index (χ3v) is 5.17. The maximum Gasteiger partial charge on any atom is 0.232 e. The van der Waals surface area contributed by atoms with Gasteiger partial charge in [0.05, 0.1) is 24.2 Å². The number of para-hydroxylation sites is 2. The number of sulfonamides is 1. The first-order valence-corrected chi connectivity index (χ1v) is 10.7. The lowest BCUT2D eigenvalue weighted by Crippen LogP contribution is -2.37. The van der Waals surface area contributed by atoms with Gasteiger partial charge in [0.2, 0.25) is 15.9 Å². The zero-order valence-electron chi connectivity index (χ0n) is 15.6. The van der Waals surface area contributed by atoms with Gasteiger partial charge in [0.1, 0.15) is 5.75 Å². The average Bonchev–Trinajstić information content (AvgIpc) is 3.06. The zero-order chi connectivity index (χ0) is 19.2. The SMILES string of the molecule is CC(C)Oc1ccccc1N(CCC(=O)NCC1CCCO1)S(C)(=O)=O. The summed E-state index contributed by atoms with van der Waals surface area (Å²) in [7, 11) is -3.55. The van der Waals surface area contributed by atoms with Crippen LogP contribution in [0.1, 0.15) is 33.1 Å². The van der Waals surface area contributed by atoms with Gasteiger partial charge in [-0.15, -0.1) is 0 Å². The number of carbonyl (C=O) groups is 1. The summed E-state index contributed by atoms with van der Waals surface area (Å²) in [5, 5.41) is 2.81. The third kappa shape index (κ3) is 6.17. The molecule has 26 heavy (non-hydrogen) atoms.